The SMILES string of the molecule is C/C=C\N(C=N)C(C)C.CC. The lowest BCUT2D eigenvalue weighted by Crippen LogP contribution is -2.22. The van der Waals surface area contributed by atoms with Crippen molar-refractivity contribution >= 4 is 6.34 Å². The fraction of sp³-hybridized carbons (Fsp3) is 0.667. The highest BCUT2D eigenvalue weighted by Gasteiger charge is 1.96. The zero-order valence-corrected chi connectivity index (χ0v) is 8.26. The third kappa shape index (κ3) is 7.10. The molecule has 0 saturated heterocycles. The molecule has 11 heavy (non-hydrogen) atoms. The fourth-order valence-electron chi connectivity index (χ4n) is 0.536. The smallest absolute Gasteiger partial charge is 0.0859 e. The van der Waals surface area contributed by atoms with Crippen LogP contribution in [0.4, 0.5) is 0 Å². The van der Waals surface area contributed by atoms with E-state index in [2.05, 4.69) is 0 Å². The summed E-state index contributed by atoms with van der Waals surface area (Å²) in [5, 5.41) is 6.94. The highest BCUT2D eigenvalue weighted by molar-refractivity contribution is 5.52. The molecule has 0 saturated carbocycles. The van der Waals surface area contributed by atoms with Gasteiger partial charge in [0.1, 0.15) is 0 Å². The Morgan fingerprint density at radius 3 is 1.82 bits per heavy atom. The van der Waals surface area contributed by atoms with Crippen LogP contribution in [-0.4, -0.2) is 17.3 Å². The summed E-state index contributed by atoms with van der Waals surface area (Å²) in [7, 11) is 0. The summed E-state index contributed by atoms with van der Waals surface area (Å²) in [4.78, 5) is 1.83. The van der Waals surface area contributed by atoms with E-state index in [0.717, 1.165) is 0 Å². The molecular formula is C9H20N2. The first-order valence-corrected chi connectivity index (χ1v) is 4.13. The van der Waals surface area contributed by atoms with Crippen LogP contribution in [0.3, 0.4) is 0 Å². The summed E-state index contributed by atoms with van der Waals surface area (Å²) >= 11 is 0. The Hall–Kier alpha value is -0.790. The molecule has 2 nitrogen and oxygen atoms in total. The van der Waals surface area contributed by atoms with Gasteiger partial charge in [0.2, 0.25) is 0 Å². The van der Waals surface area contributed by atoms with Gasteiger partial charge in [0.25, 0.3) is 0 Å². The van der Waals surface area contributed by atoms with Crippen molar-refractivity contribution in [3.63, 3.8) is 0 Å². The van der Waals surface area contributed by atoms with Gasteiger partial charge in [0, 0.05) is 12.2 Å². The Morgan fingerprint density at radius 1 is 1.27 bits per heavy atom. The highest BCUT2D eigenvalue weighted by atomic mass is 15.1. The molecule has 0 amide bonds. The third-order valence-electron chi connectivity index (χ3n) is 1.07. The Bertz CT molecular complexity index is 106. The molecule has 0 aliphatic carbocycles. The van der Waals surface area contributed by atoms with Crippen molar-refractivity contribution in [1.82, 2.24) is 4.90 Å². The molecule has 66 valence electrons. The average Bonchev–Trinajstić information content (AvgIpc) is 2.03. The van der Waals surface area contributed by atoms with Crippen molar-refractivity contribution in [2.24, 2.45) is 0 Å². The van der Waals surface area contributed by atoms with Crippen molar-refractivity contribution in [3.8, 4) is 0 Å². The van der Waals surface area contributed by atoms with Crippen LogP contribution < -0.4 is 0 Å². The lowest BCUT2D eigenvalue weighted by molar-refractivity contribution is 0.468. The summed E-state index contributed by atoms with van der Waals surface area (Å²) in [5.41, 5.74) is 0. The van der Waals surface area contributed by atoms with Crippen LogP contribution in [0.2, 0.25) is 0 Å². The number of hydrogen-bond acceptors (Lipinski definition) is 1. The first-order chi connectivity index (χ1) is 5.22. The fourth-order valence-corrected chi connectivity index (χ4v) is 0.536. The van der Waals surface area contributed by atoms with Gasteiger partial charge in [-0.15, -0.1) is 0 Å². The summed E-state index contributed by atoms with van der Waals surface area (Å²) in [6, 6.07) is 0.388. The summed E-state index contributed by atoms with van der Waals surface area (Å²) in [6.07, 6.45) is 5.13. The van der Waals surface area contributed by atoms with Gasteiger partial charge in [0.15, 0.2) is 0 Å². The van der Waals surface area contributed by atoms with Gasteiger partial charge >= 0.3 is 0 Å². The predicted octanol–water partition coefficient (Wildman–Crippen LogP) is 2.86. The Morgan fingerprint density at radius 2 is 1.73 bits per heavy atom. The van der Waals surface area contributed by atoms with E-state index in [0.29, 0.717) is 6.04 Å². The van der Waals surface area contributed by atoms with Crippen molar-refractivity contribution in [1.29, 1.82) is 5.41 Å². The minimum absolute atomic E-state index is 0.388. The lowest BCUT2D eigenvalue weighted by Gasteiger charge is -2.17. The molecule has 0 bridgehead atoms. The molecule has 0 heterocycles. The molecule has 0 aromatic heterocycles. The van der Waals surface area contributed by atoms with Gasteiger partial charge in [-0.05, 0) is 20.8 Å². The van der Waals surface area contributed by atoms with E-state index in [4.69, 9.17) is 5.41 Å². The zero-order valence-electron chi connectivity index (χ0n) is 8.26. The van der Waals surface area contributed by atoms with Gasteiger partial charge < -0.3 is 4.90 Å². The minimum Gasteiger partial charge on any atom is -0.337 e. The third-order valence-corrected chi connectivity index (χ3v) is 1.07. The second-order valence-electron chi connectivity index (χ2n) is 2.15. The number of nitrogens with one attached hydrogen (secondary N) is 1. The monoisotopic (exact) mass is 156 g/mol. The van der Waals surface area contributed by atoms with Crippen molar-refractivity contribution < 1.29 is 0 Å². The van der Waals surface area contributed by atoms with E-state index >= 15 is 0 Å². The van der Waals surface area contributed by atoms with E-state index in [1.165, 1.54) is 6.34 Å². The maximum absolute atomic E-state index is 6.94. The molecule has 0 rings (SSSR count). The maximum Gasteiger partial charge on any atom is 0.0859 e. The van der Waals surface area contributed by atoms with Gasteiger partial charge in [-0.25, -0.2) is 0 Å². The quantitative estimate of drug-likeness (QED) is 0.493. The molecule has 0 aliphatic rings. The van der Waals surface area contributed by atoms with E-state index in [-0.39, 0.29) is 0 Å². The standard InChI is InChI=1S/C7H14N2.C2H6/c1-4-5-9(6-8)7(2)3;1-2/h4-8H,1-3H3;1-2H3/b5-4-,8-6?;. The molecule has 0 spiro atoms. The number of nitrogens with zero attached hydrogens (tertiary/aromatic N) is 1. The van der Waals surface area contributed by atoms with E-state index < -0.39 is 0 Å². The van der Waals surface area contributed by atoms with Crippen LogP contribution in [0.15, 0.2) is 12.3 Å². The molecule has 2 heteroatoms. The number of rotatable bonds is 3. The molecular weight excluding hydrogens is 136 g/mol. The first-order valence-electron chi connectivity index (χ1n) is 4.13. The molecule has 0 fully saturated rings. The Balaban J connectivity index is 0. The first kappa shape index (κ1) is 12.8. The average molecular weight is 156 g/mol. The number of hydrogen-bond donors (Lipinski definition) is 1. The summed E-state index contributed by atoms with van der Waals surface area (Å²) in [6.45, 7) is 10.0. The molecule has 0 unspecified atom stereocenters. The minimum atomic E-state index is 0.388. The molecule has 0 aromatic carbocycles. The summed E-state index contributed by atoms with van der Waals surface area (Å²) < 4.78 is 0. The highest BCUT2D eigenvalue weighted by Crippen LogP contribution is 1.93. The van der Waals surface area contributed by atoms with E-state index in [1.807, 2.05) is 51.8 Å². The zero-order chi connectivity index (χ0) is 9.28. The van der Waals surface area contributed by atoms with Gasteiger partial charge in [-0.3, -0.25) is 5.41 Å². The van der Waals surface area contributed by atoms with Crippen molar-refractivity contribution in [3.05, 3.63) is 12.3 Å². The van der Waals surface area contributed by atoms with Crippen molar-refractivity contribution in [2.45, 2.75) is 40.7 Å². The topological polar surface area (TPSA) is 27.1 Å². The normalized spacial score (nSPS) is 9.27. The molecule has 0 aromatic rings. The van der Waals surface area contributed by atoms with Crippen LogP contribution in [0.5, 0.6) is 0 Å². The van der Waals surface area contributed by atoms with Gasteiger partial charge in [-0.2, -0.15) is 0 Å². The van der Waals surface area contributed by atoms with Crippen LogP contribution in [0.1, 0.15) is 34.6 Å². The van der Waals surface area contributed by atoms with Crippen LogP contribution in [-0.2, 0) is 0 Å². The van der Waals surface area contributed by atoms with Gasteiger partial charge in [-0.1, -0.05) is 19.9 Å². The van der Waals surface area contributed by atoms with Crippen molar-refractivity contribution in [2.75, 3.05) is 0 Å². The molecule has 0 atom stereocenters. The largest absolute Gasteiger partial charge is 0.337 e. The van der Waals surface area contributed by atoms with Gasteiger partial charge in [0.05, 0.1) is 6.34 Å². The molecule has 1 N–H and O–H groups in total. The van der Waals surface area contributed by atoms with E-state index in [1.54, 1.807) is 0 Å². The lowest BCUT2D eigenvalue weighted by atomic mass is 10.3. The second kappa shape index (κ2) is 9.21. The maximum atomic E-state index is 6.94. The Labute approximate surface area is 70.4 Å². The molecule has 0 radical (unpaired) electrons. The summed E-state index contributed by atoms with van der Waals surface area (Å²) in [5.74, 6) is 0. The van der Waals surface area contributed by atoms with Crippen LogP contribution >= 0.6 is 0 Å². The van der Waals surface area contributed by atoms with E-state index in [9.17, 15) is 0 Å². The van der Waals surface area contributed by atoms with Crippen LogP contribution in [0, 0.1) is 5.41 Å². The second-order valence-corrected chi connectivity index (χ2v) is 2.15. The molecule has 0 aliphatic heterocycles. The predicted molar refractivity (Wildman–Crippen MR) is 51.9 cm³/mol. The van der Waals surface area contributed by atoms with Crippen LogP contribution in [0.25, 0.3) is 0 Å². The number of allylic oxidation sites excluding steroid dienone is 1. The Kier molecular flexibility index (Phi) is 10.8.